The summed E-state index contributed by atoms with van der Waals surface area (Å²) < 4.78 is 7.59. The van der Waals surface area contributed by atoms with Gasteiger partial charge in [-0.15, -0.1) is 0 Å². The van der Waals surface area contributed by atoms with Gasteiger partial charge in [0.1, 0.15) is 0 Å². The van der Waals surface area contributed by atoms with Crippen LogP contribution >= 0.6 is 24.3 Å². The zero-order chi connectivity index (χ0) is 11.6. The second-order valence-corrected chi connectivity index (χ2v) is 8.49. The Kier molecular flexibility index (Phi) is 5.16. The molecule has 0 rings (SSSR count). The molecular formula is C2H15O9P3. The van der Waals surface area contributed by atoms with Gasteiger partial charge in [0.2, 0.25) is 0 Å². The van der Waals surface area contributed by atoms with Crippen molar-refractivity contribution in [1.29, 1.82) is 0 Å². The summed E-state index contributed by atoms with van der Waals surface area (Å²) in [6.45, 7) is 1.30. The third-order valence-electron chi connectivity index (χ3n) is 1.03. The molecule has 0 unspecified atom stereocenters. The van der Waals surface area contributed by atoms with Crippen LogP contribution in [-0.4, -0.2) is 40.4 Å². The summed E-state index contributed by atoms with van der Waals surface area (Å²) in [6.07, 6.45) is -0.289. The van der Waals surface area contributed by atoms with E-state index in [0.29, 0.717) is 0 Å². The van der Waals surface area contributed by atoms with Crippen molar-refractivity contribution in [2.75, 3.05) is 6.16 Å². The quantitative estimate of drug-likeness (QED) is 0.290. The molecule has 0 amide bonds. The van der Waals surface area contributed by atoms with E-state index in [0.717, 1.165) is 0 Å². The molecule has 0 saturated heterocycles. The predicted molar refractivity (Wildman–Crippen MR) is 53.2 cm³/mol. The first kappa shape index (κ1) is 14.9. The van der Waals surface area contributed by atoms with Crippen LogP contribution in [0.1, 0.15) is 6.92 Å². The molecule has 92 valence electrons. The van der Waals surface area contributed by atoms with Crippen molar-refractivity contribution in [3.8, 4) is 0 Å². The molecule has 0 aliphatic rings. The summed E-state index contributed by atoms with van der Waals surface area (Å²) in [4.78, 5) is 60.6. The molecule has 0 spiro atoms. The Morgan fingerprint density at radius 3 is 1.57 bits per heavy atom. The molecule has 0 saturated carbocycles. The van der Waals surface area contributed by atoms with E-state index in [1.165, 1.54) is 6.92 Å². The number of hydrogen-bond acceptors (Lipinski definition) is 9. The van der Waals surface area contributed by atoms with Crippen molar-refractivity contribution < 1.29 is 42.9 Å². The summed E-state index contributed by atoms with van der Waals surface area (Å²) >= 11 is 0. The zero-order valence-corrected chi connectivity index (χ0v) is 10.2. The zero-order valence-electron chi connectivity index (χ0n) is 7.15. The van der Waals surface area contributed by atoms with Crippen LogP contribution in [0.2, 0.25) is 0 Å². The molecule has 0 radical (unpaired) electrons. The molecule has 0 aromatic rings. The molecule has 0 heterocycles. The first-order valence-electron chi connectivity index (χ1n) is 3.44. The second kappa shape index (κ2) is 4.84. The summed E-state index contributed by atoms with van der Waals surface area (Å²) in [5.41, 5.74) is 0. The van der Waals surface area contributed by atoms with Crippen molar-refractivity contribution in [2.24, 2.45) is 0 Å². The van der Waals surface area contributed by atoms with Crippen molar-refractivity contribution in [1.82, 2.24) is 0 Å². The van der Waals surface area contributed by atoms with Gasteiger partial charge in [0.25, 0.3) is 0 Å². The van der Waals surface area contributed by atoms with Crippen LogP contribution in [0.25, 0.3) is 0 Å². The van der Waals surface area contributed by atoms with E-state index in [1.807, 2.05) is 0 Å². The fourth-order valence-electron chi connectivity index (χ4n) is 0.484. The van der Waals surface area contributed by atoms with E-state index in [-0.39, 0.29) is 6.16 Å². The third-order valence-corrected chi connectivity index (χ3v) is 6.48. The summed E-state index contributed by atoms with van der Waals surface area (Å²) in [5.74, 6) is 0. The summed E-state index contributed by atoms with van der Waals surface area (Å²) in [7, 11) is -14.6. The van der Waals surface area contributed by atoms with Crippen LogP contribution in [0.15, 0.2) is 0 Å². The van der Waals surface area contributed by atoms with Gasteiger partial charge in [-0.05, 0) is 0 Å². The summed E-state index contributed by atoms with van der Waals surface area (Å²) in [6, 6.07) is 0. The van der Waals surface area contributed by atoms with E-state index in [1.54, 1.807) is 0 Å². The van der Waals surface area contributed by atoms with Crippen LogP contribution in [0.3, 0.4) is 0 Å². The topological polar surface area (TPSA) is 160 Å². The molecule has 0 fully saturated rings. The Labute approximate surface area is 81.1 Å². The molecule has 9 nitrogen and oxygen atoms in total. The average molecular weight is 276 g/mol. The predicted octanol–water partition coefficient (Wildman–Crippen LogP) is -1.70. The van der Waals surface area contributed by atoms with Gasteiger partial charge in [-0.1, -0.05) is 0 Å². The standard InChI is InChI=1S/C2H15O9P3/c1-2-12(3,4)10-14(8,9)11-13(5,6)7/h3-9,12-14H,2H2,1H3. The van der Waals surface area contributed by atoms with Gasteiger partial charge in [0.05, 0.1) is 0 Å². The average Bonchev–Trinajstić information content (AvgIpc) is 1.78. The van der Waals surface area contributed by atoms with Crippen molar-refractivity contribution in [2.45, 2.75) is 6.92 Å². The van der Waals surface area contributed by atoms with E-state index in [9.17, 15) is 0 Å². The minimum atomic E-state index is -5.17. The van der Waals surface area contributed by atoms with Crippen LogP contribution in [0.4, 0.5) is 0 Å². The molecule has 12 heteroatoms. The SMILES string of the molecule is CC[PH](O)(O)O[PH](O)(O)O[PH](O)(O)O. The normalized spacial score (nSPS) is 18.0. The van der Waals surface area contributed by atoms with Crippen molar-refractivity contribution >= 4 is 24.3 Å². The van der Waals surface area contributed by atoms with Crippen LogP contribution in [0, 0.1) is 0 Å². The van der Waals surface area contributed by atoms with Gasteiger partial charge in [0.15, 0.2) is 0 Å². The second-order valence-electron chi connectivity index (χ2n) is 2.42. The van der Waals surface area contributed by atoms with Crippen molar-refractivity contribution in [3.05, 3.63) is 0 Å². The fourth-order valence-corrected chi connectivity index (χ4v) is 4.73. The van der Waals surface area contributed by atoms with E-state index in [4.69, 9.17) is 34.3 Å². The molecule has 0 aliphatic heterocycles. The van der Waals surface area contributed by atoms with E-state index < -0.39 is 24.3 Å². The molecule has 0 aromatic heterocycles. The fraction of sp³-hybridized carbons (Fsp3) is 1.00. The molecule has 14 heavy (non-hydrogen) atoms. The third kappa shape index (κ3) is 7.25. The van der Waals surface area contributed by atoms with Gasteiger partial charge in [-0.2, -0.15) is 0 Å². The van der Waals surface area contributed by atoms with E-state index in [2.05, 4.69) is 8.62 Å². The molecule has 7 N–H and O–H groups in total. The maximum atomic E-state index is 8.93. The minimum absolute atomic E-state index is 0.289. The van der Waals surface area contributed by atoms with Gasteiger partial charge in [0, 0.05) is 0 Å². The van der Waals surface area contributed by atoms with Gasteiger partial charge in [-0.25, -0.2) is 0 Å². The Morgan fingerprint density at radius 2 is 1.29 bits per heavy atom. The molecule has 0 bridgehead atoms. The Balaban J connectivity index is 4.35. The van der Waals surface area contributed by atoms with Gasteiger partial charge in [-0.3, -0.25) is 0 Å². The van der Waals surface area contributed by atoms with Crippen LogP contribution in [0.5, 0.6) is 0 Å². The van der Waals surface area contributed by atoms with E-state index >= 15 is 0 Å². The number of hydrogen-bond donors (Lipinski definition) is 7. The summed E-state index contributed by atoms with van der Waals surface area (Å²) in [5, 5.41) is 0. The van der Waals surface area contributed by atoms with Crippen LogP contribution < -0.4 is 0 Å². The molecule has 0 aliphatic carbocycles. The Hall–Kier alpha value is 0.930. The monoisotopic (exact) mass is 276 g/mol. The number of rotatable bonds is 5. The first-order valence-corrected chi connectivity index (χ1v) is 8.91. The van der Waals surface area contributed by atoms with Gasteiger partial charge >= 0.3 is 80.2 Å². The Morgan fingerprint density at radius 1 is 0.857 bits per heavy atom. The molecular weight excluding hydrogens is 261 g/mol. The first-order chi connectivity index (χ1) is 5.97. The Bertz CT molecular complexity index is 185. The van der Waals surface area contributed by atoms with Gasteiger partial charge < -0.3 is 0 Å². The molecule has 0 aromatic carbocycles. The molecule has 0 atom stereocenters. The van der Waals surface area contributed by atoms with Crippen molar-refractivity contribution in [3.63, 3.8) is 0 Å². The van der Waals surface area contributed by atoms with Crippen LogP contribution in [-0.2, 0) is 8.62 Å². The maximum absolute atomic E-state index is 8.93.